The molecule has 1 N–H and O–H groups in total. The molecule has 1 atom stereocenters. The first-order valence-electron chi connectivity index (χ1n) is 9.11. The number of aromatic nitrogens is 2. The van der Waals surface area contributed by atoms with Gasteiger partial charge in [0.05, 0.1) is 29.0 Å². The van der Waals surface area contributed by atoms with Gasteiger partial charge < -0.3 is 14.4 Å². The number of cyclic esters (lactones) is 1. The molecule has 2 aromatic heterocycles. The number of thioether (sulfide) groups is 1. The first-order valence-corrected chi connectivity index (χ1v) is 10.3. The number of hydrogen-bond acceptors (Lipinski definition) is 6. The summed E-state index contributed by atoms with van der Waals surface area (Å²) in [7, 11) is 0. The Bertz CT molecular complexity index is 1230. The van der Waals surface area contributed by atoms with E-state index in [2.05, 4.69) is 6.07 Å². The summed E-state index contributed by atoms with van der Waals surface area (Å²) in [6.07, 6.45) is 2.14. The number of para-hydroxylation sites is 1. The number of fused-ring (bicyclic) bond motifs is 5. The zero-order valence-electron chi connectivity index (χ0n) is 15.5. The van der Waals surface area contributed by atoms with Crippen LogP contribution in [0.25, 0.3) is 22.3 Å². The quantitative estimate of drug-likeness (QED) is 0.416. The van der Waals surface area contributed by atoms with Gasteiger partial charge in [-0.1, -0.05) is 19.1 Å². The van der Waals surface area contributed by atoms with Crippen LogP contribution in [-0.2, 0) is 28.3 Å². The number of esters is 1. The first-order chi connectivity index (χ1) is 13.5. The summed E-state index contributed by atoms with van der Waals surface area (Å²) in [5, 5.41) is 11.9. The number of ether oxygens (including phenoxy) is 1. The molecule has 0 saturated heterocycles. The molecule has 2 aliphatic rings. The van der Waals surface area contributed by atoms with Crippen molar-refractivity contribution in [2.24, 2.45) is 0 Å². The predicted molar refractivity (Wildman–Crippen MR) is 106 cm³/mol. The van der Waals surface area contributed by atoms with Crippen molar-refractivity contribution in [3.8, 4) is 11.4 Å². The van der Waals surface area contributed by atoms with Crippen LogP contribution >= 0.6 is 11.8 Å². The van der Waals surface area contributed by atoms with Gasteiger partial charge >= 0.3 is 5.97 Å². The van der Waals surface area contributed by atoms with E-state index in [-0.39, 0.29) is 18.6 Å². The third-order valence-corrected chi connectivity index (χ3v) is 6.49. The molecule has 1 aromatic carbocycles. The van der Waals surface area contributed by atoms with E-state index in [1.54, 1.807) is 29.3 Å². The molecule has 4 heterocycles. The van der Waals surface area contributed by atoms with Gasteiger partial charge in [0.1, 0.15) is 6.61 Å². The lowest BCUT2D eigenvalue weighted by atomic mass is 9.86. The Kier molecular flexibility index (Phi) is 3.70. The zero-order valence-corrected chi connectivity index (χ0v) is 16.3. The van der Waals surface area contributed by atoms with Gasteiger partial charge in [-0.2, -0.15) is 0 Å². The van der Waals surface area contributed by atoms with Crippen LogP contribution in [0.2, 0.25) is 0 Å². The van der Waals surface area contributed by atoms with Crippen molar-refractivity contribution in [3.05, 3.63) is 57.4 Å². The van der Waals surface area contributed by atoms with Crippen LogP contribution in [0, 0.1) is 0 Å². The van der Waals surface area contributed by atoms with Crippen LogP contribution in [0.3, 0.4) is 0 Å². The smallest absolute Gasteiger partial charge is 0.343 e. The van der Waals surface area contributed by atoms with Gasteiger partial charge in [-0.05, 0) is 30.9 Å². The van der Waals surface area contributed by atoms with Crippen molar-refractivity contribution >= 4 is 28.6 Å². The van der Waals surface area contributed by atoms with Crippen LogP contribution in [0.1, 0.15) is 30.0 Å². The Balaban J connectivity index is 1.81. The third-order valence-electron chi connectivity index (χ3n) is 5.72. The maximum Gasteiger partial charge on any atom is 0.343 e. The minimum absolute atomic E-state index is 0.113. The van der Waals surface area contributed by atoms with E-state index in [1.807, 2.05) is 24.5 Å². The van der Waals surface area contributed by atoms with Gasteiger partial charge in [0.15, 0.2) is 5.60 Å². The van der Waals surface area contributed by atoms with E-state index in [0.29, 0.717) is 23.4 Å². The Hall–Kier alpha value is -2.64. The molecule has 0 aliphatic carbocycles. The lowest BCUT2D eigenvalue weighted by molar-refractivity contribution is -0.172. The molecule has 0 saturated carbocycles. The molecule has 7 heteroatoms. The van der Waals surface area contributed by atoms with Crippen molar-refractivity contribution in [2.75, 3.05) is 6.26 Å². The summed E-state index contributed by atoms with van der Waals surface area (Å²) in [5.74, 6) is -0.707. The summed E-state index contributed by atoms with van der Waals surface area (Å²) in [6.45, 7) is 2.01. The fourth-order valence-corrected chi connectivity index (χ4v) is 4.72. The van der Waals surface area contributed by atoms with Crippen LogP contribution in [0.15, 0.2) is 40.0 Å². The van der Waals surface area contributed by atoms with Gasteiger partial charge in [0, 0.05) is 21.4 Å². The largest absolute Gasteiger partial charge is 0.458 e. The molecular weight excluding hydrogens is 376 g/mol. The average molecular weight is 394 g/mol. The predicted octanol–water partition coefficient (Wildman–Crippen LogP) is 2.80. The van der Waals surface area contributed by atoms with Crippen molar-refractivity contribution in [1.82, 2.24) is 9.55 Å². The summed E-state index contributed by atoms with van der Waals surface area (Å²) >= 11 is 1.62. The number of hydrogen-bond donors (Lipinski definition) is 1. The molecule has 142 valence electrons. The summed E-state index contributed by atoms with van der Waals surface area (Å²) < 4.78 is 6.76. The molecule has 0 spiro atoms. The van der Waals surface area contributed by atoms with Crippen LogP contribution in [0.4, 0.5) is 0 Å². The fraction of sp³-hybridized carbons (Fsp3) is 0.286. The van der Waals surface area contributed by atoms with Gasteiger partial charge in [0.25, 0.3) is 5.56 Å². The summed E-state index contributed by atoms with van der Waals surface area (Å²) in [5.41, 5.74) is 1.86. The fourth-order valence-electron chi connectivity index (χ4n) is 4.15. The molecular formula is C21H18N2O4S. The molecule has 2 aliphatic heterocycles. The molecule has 5 rings (SSSR count). The van der Waals surface area contributed by atoms with E-state index in [4.69, 9.17) is 9.72 Å². The number of carbonyl (C=O) groups is 1. The molecule has 0 fully saturated rings. The maximum atomic E-state index is 13.1. The Morgan fingerprint density at radius 3 is 2.89 bits per heavy atom. The molecule has 0 bridgehead atoms. The second kappa shape index (κ2) is 5.93. The van der Waals surface area contributed by atoms with E-state index >= 15 is 0 Å². The highest BCUT2D eigenvalue weighted by atomic mass is 32.2. The van der Waals surface area contributed by atoms with E-state index in [0.717, 1.165) is 27.1 Å². The number of pyridine rings is 2. The standard InChI is InChI=1S/C21H18N2O4S/c1-3-21(26)14-8-15-17-12(7-11-5-4-6-16(28-2)18(11)22-17)9-23(15)19(24)13(14)10-27-20(21)25/h4-8,26H,3,9-10H2,1-2H3/t21-/m0/s1. The number of nitrogens with zero attached hydrogens (tertiary/aromatic N) is 2. The molecule has 0 amide bonds. The molecule has 3 aromatic rings. The number of benzene rings is 1. The highest BCUT2D eigenvalue weighted by molar-refractivity contribution is 7.98. The van der Waals surface area contributed by atoms with Gasteiger partial charge in [-0.3, -0.25) is 4.79 Å². The van der Waals surface area contributed by atoms with E-state index in [9.17, 15) is 14.7 Å². The highest BCUT2D eigenvalue weighted by Crippen LogP contribution is 2.39. The minimum atomic E-state index is -1.80. The maximum absolute atomic E-state index is 13.1. The molecule has 0 radical (unpaired) electrons. The third kappa shape index (κ3) is 2.17. The van der Waals surface area contributed by atoms with Crippen LogP contribution < -0.4 is 5.56 Å². The zero-order chi connectivity index (χ0) is 19.6. The summed E-state index contributed by atoms with van der Waals surface area (Å²) in [4.78, 5) is 31.3. The Morgan fingerprint density at radius 2 is 2.14 bits per heavy atom. The average Bonchev–Trinajstić information content (AvgIpc) is 3.07. The van der Waals surface area contributed by atoms with Crippen molar-refractivity contribution < 1.29 is 14.6 Å². The monoisotopic (exact) mass is 394 g/mol. The molecule has 0 unspecified atom stereocenters. The summed E-state index contributed by atoms with van der Waals surface area (Å²) in [6, 6.07) is 9.84. The van der Waals surface area contributed by atoms with Gasteiger partial charge in [-0.25, -0.2) is 9.78 Å². The van der Waals surface area contributed by atoms with Gasteiger partial charge in [0.2, 0.25) is 0 Å². The lowest BCUT2D eigenvalue weighted by Crippen LogP contribution is -2.44. The number of carbonyl (C=O) groups excluding carboxylic acids is 1. The highest BCUT2D eigenvalue weighted by Gasteiger charge is 2.45. The van der Waals surface area contributed by atoms with Crippen LogP contribution in [-0.4, -0.2) is 26.9 Å². The SMILES string of the molecule is CC[C@@]1(O)C(=O)OCc2c1cc1n(c2=O)Cc2cc3cccc(SC)c3nc2-1. The Labute approximate surface area is 165 Å². The molecule has 6 nitrogen and oxygen atoms in total. The molecule has 28 heavy (non-hydrogen) atoms. The Morgan fingerprint density at radius 1 is 1.32 bits per heavy atom. The second-order valence-corrected chi connectivity index (χ2v) is 7.98. The number of aliphatic hydroxyl groups is 1. The van der Waals surface area contributed by atoms with Gasteiger partial charge in [-0.15, -0.1) is 11.8 Å². The number of rotatable bonds is 2. The van der Waals surface area contributed by atoms with Crippen molar-refractivity contribution in [3.63, 3.8) is 0 Å². The minimum Gasteiger partial charge on any atom is -0.458 e. The first kappa shape index (κ1) is 17.5. The van der Waals surface area contributed by atoms with E-state index < -0.39 is 11.6 Å². The lowest BCUT2D eigenvalue weighted by Gasteiger charge is -2.31. The second-order valence-electron chi connectivity index (χ2n) is 7.13. The normalized spacial score (nSPS) is 19.9. The van der Waals surface area contributed by atoms with Crippen LogP contribution in [0.5, 0.6) is 0 Å². The van der Waals surface area contributed by atoms with Crippen molar-refractivity contribution in [1.29, 1.82) is 0 Å². The topological polar surface area (TPSA) is 81.4 Å². The van der Waals surface area contributed by atoms with E-state index in [1.165, 1.54) is 0 Å². The van der Waals surface area contributed by atoms with Crippen molar-refractivity contribution in [2.45, 2.75) is 37.0 Å².